The maximum atomic E-state index is 12.6. The molecule has 0 spiro atoms. The molecule has 0 unspecified atom stereocenters. The summed E-state index contributed by atoms with van der Waals surface area (Å²) in [5.41, 5.74) is 3.00. The first-order valence-electron chi connectivity index (χ1n) is 12.2. The molecule has 1 aliphatic rings. The third-order valence-electron chi connectivity index (χ3n) is 6.54. The number of anilines is 1. The van der Waals surface area contributed by atoms with Gasteiger partial charge < -0.3 is 9.73 Å². The summed E-state index contributed by atoms with van der Waals surface area (Å²) < 4.78 is 6.04. The van der Waals surface area contributed by atoms with Crippen LogP contribution >= 0.6 is 0 Å². The van der Waals surface area contributed by atoms with E-state index in [2.05, 4.69) is 50.5 Å². The lowest BCUT2D eigenvalue weighted by Gasteiger charge is -2.17. The predicted molar refractivity (Wildman–Crippen MR) is 137 cm³/mol. The average molecular weight is 470 g/mol. The third kappa shape index (κ3) is 5.87. The highest BCUT2D eigenvalue weighted by molar-refractivity contribution is 5.30. The van der Waals surface area contributed by atoms with Crippen LogP contribution in [0.15, 0.2) is 82.1 Å². The molecule has 0 radical (unpaired) electrons. The third-order valence-corrected chi connectivity index (χ3v) is 6.54. The van der Waals surface area contributed by atoms with Crippen LogP contribution in [0, 0.1) is 6.92 Å². The van der Waals surface area contributed by atoms with Crippen molar-refractivity contribution in [3.05, 3.63) is 112 Å². The Labute approximate surface area is 205 Å². The van der Waals surface area contributed by atoms with Gasteiger partial charge in [-0.3, -0.25) is 19.7 Å². The highest BCUT2D eigenvalue weighted by Crippen LogP contribution is 2.40. The first kappa shape index (κ1) is 23.1. The van der Waals surface area contributed by atoms with Gasteiger partial charge in [0.15, 0.2) is 0 Å². The second kappa shape index (κ2) is 10.7. The first-order chi connectivity index (χ1) is 17.1. The van der Waals surface area contributed by atoms with Crippen LogP contribution in [0.4, 0.5) is 5.95 Å². The summed E-state index contributed by atoms with van der Waals surface area (Å²) in [6.45, 7) is 5.19. The Hall–Kier alpha value is -3.71. The van der Waals surface area contributed by atoms with Gasteiger partial charge in [0.2, 0.25) is 5.95 Å². The van der Waals surface area contributed by atoms with Crippen molar-refractivity contribution in [2.24, 2.45) is 0 Å². The summed E-state index contributed by atoms with van der Waals surface area (Å²) in [5, 5.41) is 3.30. The van der Waals surface area contributed by atoms with Crippen molar-refractivity contribution in [2.45, 2.75) is 38.1 Å². The number of aryl methyl sites for hydroxylation is 2. The Morgan fingerprint density at radius 1 is 1.06 bits per heavy atom. The van der Waals surface area contributed by atoms with E-state index in [0.29, 0.717) is 12.5 Å². The van der Waals surface area contributed by atoms with E-state index >= 15 is 0 Å². The van der Waals surface area contributed by atoms with E-state index in [4.69, 9.17) is 9.40 Å². The molecule has 2 atom stereocenters. The van der Waals surface area contributed by atoms with Crippen molar-refractivity contribution in [2.75, 3.05) is 25.0 Å². The van der Waals surface area contributed by atoms with Crippen molar-refractivity contribution in [1.82, 2.24) is 19.9 Å². The van der Waals surface area contributed by atoms with Crippen LogP contribution < -0.4 is 10.9 Å². The molecule has 2 N–H and O–H groups in total. The smallest absolute Gasteiger partial charge is 0.252 e. The van der Waals surface area contributed by atoms with Crippen LogP contribution in [0.2, 0.25) is 0 Å². The molecule has 4 aromatic rings. The van der Waals surface area contributed by atoms with E-state index in [1.54, 1.807) is 6.07 Å². The first-order valence-corrected chi connectivity index (χ1v) is 12.2. The maximum absolute atomic E-state index is 12.6. The SMILES string of the molecule is Cc1ccc([C@H]2CN(Cc3ccccc3)C[C@H]2c2cc(=O)[nH]c(NCCCc3ccccn3)n2)o1. The lowest BCUT2D eigenvalue weighted by molar-refractivity contribution is 0.319. The monoisotopic (exact) mass is 469 g/mol. The molecule has 1 aromatic carbocycles. The minimum atomic E-state index is -0.141. The molecule has 1 saturated heterocycles. The molecule has 1 aliphatic heterocycles. The van der Waals surface area contributed by atoms with Gasteiger partial charge in [0.25, 0.3) is 5.56 Å². The van der Waals surface area contributed by atoms with E-state index in [0.717, 1.165) is 55.4 Å². The summed E-state index contributed by atoms with van der Waals surface area (Å²) in [6.07, 6.45) is 3.58. The largest absolute Gasteiger partial charge is 0.466 e. The van der Waals surface area contributed by atoms with Crippen LogP contribution in [-0.4, -0.2) is 39.5 Å². The summed E-state index contributed by atoms with van der Waals surface area (Å²) >= 11 is 0. The van der Waals surface area contributed by atoms with Crippen LogP contribution in [-0.2, 0) is 13.0 Å². The second-order valence-electron chi connectivity index (χ2n) is 9.21. The van der Waals surface area contributed by atoms with Gasteiger partial charge in [0, 0.05) is 56.0 Å². The van der Waals surface area contributed by atoms with Gasteiger partial charge in [-0.25, -0.2) is 4.98 Å². The van der Waals surface area contributed by atoms with Crippen LogP contribution in [0.3, 0.4) is 0 Å². The number of hydrogen-bond donors (Lipinski definition) is 2. The minimum Gasteiger partial charge on any atom is -0.466 e. The zero-order valence-electron chi connectivity index (χ0n) is 20.0. The molecule has 7 heteroatoms. The van der Waals surface area contributed by atoms with Crippen molar-refractivity contribution >= 4 is 5.95 Å². The molecule has 35 heavy (non-hydrogen) atoms. The Kier molecular flexibility index (Phi) is 7.04. The lowest BCUT2D eigenvalue weighted by Crippen LogP contribution is -2.21. The van der Waals surface area contributed by atoms with Crippen molar-refractivity contribution in [1.29, 1.82) is 0 Å². The normalized spacial score (nSPS) is 18.1. The quantitative estimate of drug-likeness (QED) is 0.351. The molecule has 0 amide bonds. The molecular formula is C28H31N5O2. The van der Waals surface area contributed by atoms with Gasteiger partial charge in [-0.2, -0.15) is 0 Å². The Morgan fingerprint density at radius 2 is 1.89 bits per heavy atom. The van der Waals surface area contributed by atoms with E-state index < -0.39 is 0 Å². The molecule has 7 nitrogen and oxygen atoms in total. The van der Waals surface area contributed by atoms with Gasteiger partial charge in [0.05, 0.1) is 5.69 Å². The molecular weight excluding hydrogens is 438 g/mol. The van der Waals surface area contributed by atoms with E-state index in [1.165, 1.54) is 5.56 Å². The Morgan fingerprint density at radius 3 is 2.66 bits per heavy atom. The number of rotatable bonds is 9. The van der Waals surface area contributed by atoms with Crippen molar-refractivity contribution < 1.29 is 4.42 Å². The minimum absolute atomic E-state index is 0.0700. The summed E-state index contributed by atoms with van der Waals surface area (Å²) in [4.78, 5) is 27.0. The van der Waals surface area contributed by atoms with E-state index in [-0.39, 0.29) is 17.4 Å². The second-order valence-corrected chi connectivity index (χ2v) is 9.21. The number of nitrogens with zero attached hydrogens (tertiary/aromatic N) is 3. The summed E-state index contributed by atoms with van der Waals surface area (Å²) in [6, 6.07) is 22.1. The Bertz CT molecular complexity index is 1290. The Balaban J connectivity index is 1.31. The zero-order valence-corrected chi connectivity index (χ0v) is 20.0. The molecule has 0 saturated carbocycles. The fraction of sp³-hybridized carbons (Fsp3) is 0.321. The van der Waals surface area contributed by atoms with Gasteiger partial charge in [0.1, 0.15) is 11.5 Å². The number of hydrogen-bond acceptors (Lipinski definition) is 6. The number of H-pyrrole nitrogens is 1. The zero-order chi connectivity index (χ0) is 24.0. The number of aromatic nitrogens is 3. The average Bonchev–Trinajstić information content (AvgIpc) is 3.49. The fourth-order valence-corrected chi connectivity index (χ4v) is 4.87. The molecule has 180 valence electrons. The van der Waals surface area contributed by atoms with Gasteiger partial charge in [-0.15, -0.1) is 0 Å². The van der Waals surface area contributed by atoms with Crippen LogP contribution in [0.1, 0.15) is 46.7 Å². The predicted octanol–water partition coefficient (Wildman–Crippen LogP) is 4.49. The summed E-state index contributed by atoms with van der Waals surface area (Å²) in [5.74, 6) is 2.58. The highest BCUT2D eigenvalue weighted by atomic mass is 16.3. The van der Waals surface area contributed by atoms with Gasteiger partial charge in [-0.1, -0.05) is 36.4 Å². The van der Waals surface area contributed by atoms with Crippen LogP contribution in [0.5, 0.6) is 0 Å². The van der Waals surface area contributed by atoms with Crippen molar-refractivity contribution in [3.63, 3.8) is 0 Å². The van der Waals surface area contributed by atoms with Crippen LogP contribution in [0.25, 0.3) is 0 Å². The number of aromatic amines is 1. The standard InChI is InChI=1S/C28H31N5O2/c1-20-12-13-26(35-20)24-19-33(17-21-8-3-2-4-9-21)18-23(24)25-16-27(34)32-28(31-25)30-15-7-11-22-10-5-6-14-29-22/h2-6,8-10,12-14,16,23-24H,7,11,15,17-19H2,1H3,(H2,30,31,32,34)/t23-,24+/m1/s1. The number of furan rings is 1. The fourth-order valence-electron chi connectivity index (χ4n) is 4.87. The highest BCUT2D eigenvalue weighted by Gasteiger charge is 2.38. The lowest BCUT2D eigenvalue weighted by atomic mass is 9.90. The van der Waals surface area contributed by atoms with Gasteiger partial charge in [-0.05, 0) is 49.6 Å². The maximum Gasteiger partial charge on any atom is 0.252 e. The van der Waals surface area contributed by atoms with Crippen molar-refractivity contribution in [3.8, 4) is 0 Å². The molecule has 3 aromatic heterocycles. The van der Waals surface area contributed by atoms with E-state index in [1.807, 2.05) is 43.5 Å². The molecule has 4 heterocycles. The number of likely N-dealkylation sites (tertiary alicyclic amines) is 1. The molecule has 5 rings (SSSR count). The van der Waals surface area contributed by atoms with E-state index in [9.17, 15) is 4.79 Å². The topological polar surface area (TPSA) is 87.0 Å². The van der Waals surface area contributed by atoms with Gasteiger partial charge >= 0.3 is 0 Å². The number of nitrogens with one attached hydrogen (secondary N) is 2. The molecule has 1 fully saturated rings. The number of benzene rings is 1. The molecule has 0 aliphatic carbocycles. The summed E-state index contributed by atoms with van der Waals surface area (Å²) in [7, 11) is 0. The number of pyridine rings is 1. The molecule has 0 bridgehead atoms.